The zero-order chi connectivity index (χ0) is 18.4. The van der Waals surface area contributed by atoms with Crippen molar-refractivity contribution >= 4 is 38.3 Å². The maximum Gasteiger partial charge on any atom is 0.352 e. The van der Waals surface area contributed by atoms with E-state index in [0.717, 1.165) is 15.6 Å². The lowest BCUT2D eigenvalue weighted by Crippen LogP contribution is -2.13. The van der Waals surface area contributed by atoms with E-state index in [0.29, 0.717) is 16.5 Å². The van der Waals surface area contributed by atoms with Crippen molar-refractivity contribution in [3.05, 3.63) is 70.2 Å². The second-order valence-corrected chi connectivity index (χ2v) is 6.90. The molecule has 0 spiro atoms. The molecule has 0 saturated heterocycles. The number of carboxylic acid groups (broad SMARTS) is 1. The molecule has 4 nitrogen and oxygen atoms in total. The summed E-state index contributed by atoms with van der Waals surface area (Å²) in [6.07, 6.45) is 0. The highest BCUT2D eigenvalue weighted by molar-refractivity contribution is 7.17. The van der Waals surface area contributed by atoms with Crippen LogP contribution in [0.5, 0.6) is 0 Å². The average Bonchev–Trinajstić information content (AvgIpc) is 3.13. The molecule has 4 rings (SSSR count). The lowest BCUT2D eigenvalue weighted by Gasteiger charge is -2.09. The van der Waals surface area contributed by atoms with Gasteiger partial charge in [0.25, 0.3) is 0 Å². The van der Waals surface area contributed by atoms with Gasteiger partial charge in [-0.25, -0.2) is 13.6 Å². The Morgan fingerprint density at radius 1 is 1.12 bits per heavy atom. The summed E-state index contributed by atoms with van der Waals surface area (Å²) >= 11 is 1.46. The van der Waals surface area contributed by atoms with Gasteiger partial charge in [0, 0.05) is 39.6 Å². The number of thiophene rings is 1. The van der Waals surface area contributed by atoms with Crippen molar-refractivity contribution in [2.24, 2.45) is 5.73 Å². The lowest BCUT2D eigenvalue weighted by atomic mass is 10.1. The molecule has 0 aliphatic carbocycles. The predicted molar refractivity (Wildman–Crippen MR) is 97.6 cm³/mol. The second kappa shape index (κ2) is 6.19. The van der Waals surface area contributed by atoms with E-state index in [4.69, 9.17) is 5.73 Å². The van der Waals surface area contributed by atoms with Gasteiger partial charge in [-0.15, -0.1) is 11.3 Å². The first-order chi connectivity index (χ1) is 12.5. The quantitative estimate of drug-likeness (QED) is 0.560. The van der Waals surface area contributed by atoms with E-state index in [1.165, 1.54) is 35.6 Å². The smallest absolute Gasteiger partial charge is 0.352 e. The Bertz CT molecular complexity index is 1160. The number of nitrogens with two attached hydrogens (primary N) is 1. The predicted octanol–water partition coefficient (Wildman–Crippen LogP) is 4.34. The number of hydrogen-bond acceptors (Lipinski definition) is 3. The van der Waals surface area contributed by atoms with Gasteiger partial charge in [-0.2, -0.15) is 0 Å². The Labute approximate surface area is 151 Å². The van der Waals surface area contributed by atoms with Gasteiger partial charge < -0.3 is 15.4 Å². The van der Waals surface area contributed by atoms with Crippen LogP contribution in [0.25, 0.3) is 21.0 Å². The molecular formula is C19H14F2N2O2S. The zero-order valence-corrected chi connectivity index (χ0v) is 14.3. The third-order valence-corrected chi connectivity index (χ3v) is 5.49. The minimum absolute atomic E-state index is 0.0202. The van der Waals surface area contributed by atoms with Crippen LogP contribution in [0.2, 0.25) is 0 Å². The van der Waals surface area contributed by atoms with Crippen molar-refractivity contribution in [3.63, 3.8) is 0 Å². The number of benzene rings is 2. The molecule has 0 amide bonds. The number of halogens is 2. The number of hydrogen-bond donors (Lipinski definition) is 2. The summed E-state index contributed by atoms with van der Waals surface area (Å²) in [6, 6.07) is 8.67. The molecule has 2 aromatic heterocycles. The monoisotopic (exact) mass is 372 g/mol. The highest BCUT2D eigenvalue weighted by Crippen LogP contribution is 2.32. The molecule has 0 aliphatic heterocycles. The van der Waals surface area contributed by atoms with Gasteiger partial charge >= 0.3 is 5.97 Å². The molecular weight excluding hydrogens is 358 g/mol. The van der Waals surface area contributed by atoms with Crippen LogP contribution in [-0.4, -0.2) is 15.6 Å². The normalized spacial score (nSPS) is 11.5. The Morgan fingerprint density at radius 3 is 2.50 bits per heavy atom. The number of aromatic nitrogens is 1. The summed E-state index contributed by atoms with van der Waals surface area (Å²) in [7, 11) is 0. The Morgan fingerprint density at radius 2 is 1.81 bits per heavy atom. The van der Waals surface area contributed by atoms with Gasteiger partial charge in [-0.05, 0) is 47.3 Å². The van der Waals surface area contributed by atoms with E-state index in [-0.39, 0.29) is 24.6 Å². The highest BCUT2D eigenvalue weighted by atomic mass is 32.1. The standard InChI is InChI=1S/C19H14F2N2O2S/c20-11-1-3-16-14(6-11)15(7-22)18(19(24)25)23(16)8-10-9-26-17-4-2-12(21)5-13(10)17/h1-6,9H,7-8,22H2,(H,24,25). The van der Waals surface area contributed by atoms with Crippen molar-refractivity contribution in [1.29, 1.82) is 0 Å². The summed E-state index contributed by atoms with van der Waals surface area (Å²) in [5.74, 6) is -1.94. The first kappa shape index (κ1) is 16.7. The number of carboxylic acids is 1. The largest absolute Gasteiger partial charge is 0.477 e. The molecule has 7 heteroatoms. The zero-order valence-electron chi connectivity index (χ0n) is 13.5. The van der Waals surface area contributed by atoms with E-state index in [1.807, 2.05) is 5.38 Å². The van der Waals surface area contributed by atoms with Gasteiger partial charge in [0.15, 0.2) is 0 Å². The molecule has 0 saturated carbocycles. The summed E-state index contributed by atoms with van der Waals surface area (Å²) in [6.45, 7) is 0.209. The number of fused-ring (bicyclic) bond motifs is 2. The molecule has 0 radical (unpaired) electrons. The Hall–Kier alpha value is -2.77. The number of aromatic carboxylic acids is 1. The molecule has 3 N–H and O–H groups in total. The number of rotatable bonds is 4. The van der Waals surface area contributed by atoms with E-state index >= 15 is 0 Å². The van der Waals surface area contributed by atoms with Crippen LogP contribution in [0, 0.1) is 11.6 Å². The van der Waals surface area contributed by atoms with Gasteiger partial charge in [0.05, 0.1) is 0 Å². The fraction of sp³-hybridized carbons (Fsp3) is 0.105. The second-order valence-electron chi connectivity index (χ2n) is 5.99. The molecule has 4 aromatic rings. The van der Waals surface area contributed by atoms with E-state index in [1.54, 1.807) is 16.7 Å². The van der Waals surface area contributed by atoms with E-state index in [9.17, 15) is 18.7 Å². The van der Waals surface area contributed by atoms with Gasteiger partial charge in [0.2, 0.25) is 0 Å². The van der Waals surface area contributed by atoms with Crippen molar-refractivity contribution in [2.45, 2.75) is 13.1 Å². The van der Waals surface area contributed by atoms with Gasteiger partial charge in [-0.1, -0.05) is 0 Å². The number of nitrogens with zero attached hydrogens (tertiary/aromatic N) is 1. The third-order valence-electron chi connectivity index (χ3n) is 4.48. The van der Waals surface area contributed by atoms with Crippen LogP contribution >= 0.6 is 11.3 Å². The molecule has 0 atom stereocenters. The van der Waals surface area contributed by atoms with Crippen LogP contribution in [0.1, 0.15) is 21.6 Å². The molecule has 132 valence electrons. The van der Waals surface area contributed by atoms with Crippen LogP contribution < -0.4 is 5.73 Å². The third kappa shape index (κ3) is 2.56. The average molecular weight is 372 g/mol. The highest BCUT2D eigenvalue weighted by Gasteiger charge is 2.22. The van der Waals surface area contributed by atoms with Crippen LogP contribution in [0.4, 0.5) is 8.78 Å². The first-order valence-electron chi connectivity index (χ1n) is 7.89. The Kier molecular flexibility index (Phi) is 3.97. The van der Waals surface area contributed by atoms with Crippen molar-refractivity contribution < 1.29 is 18.7 Å². The van der Waals surface area contributed by atoms with E-state index < -0.39 is 11.8 Å². The molecule has 0 bridgehead atoms. The molecule has 0 fully saturated rings. The fourth-order valence-corrected chi connectivity index (χ4v) is 4.29. The molecule has 2 heterocycles. The first-order valence-corrected chi connectivity index (χ1v) is 8.77. The maximum atomic E-state index is 13.7. The fourth-order valence-electron chi connectivity index (χ4n) is 3.36. The summed E-state index contributed by atoms with van der Waals surface area (Å²) in [5, 5.41) is 12.8. The van der Waals surface area contributed by atoms with Crippen LogP contribution in [-0.2, 0) is 13.1 Å². The minimum atomic E-state index is -1.13. The summed E-state index contributed by atoms with van der Waals surface area (Å²) in [4.78, 5) is 11.9. The SMILES string of the molecule is NCc1c(C(=O)O)n(Cc2csc3ccc(F)cc23)c2ccc(F)cc12. The number of carbonyl (C=O) groups is 1. The molecule has 26 heavy (non-hydrogen) atoms. The summed E-state index contributed by atoms with van der Waals surface area (Å²) in [5.41, 5.74) is 7.56. The molecule has 0 aliphatic rings. The van der Waals surface area contributed by atoms with Crippen molar-refractivity contribution in [3.8, 4) is 0 Å². The van der Waals surface area contributed by atoms with Gasteiger partial charge in [-0.3, -0.25) is 0 Å². The minimum Gasteiger partial charge on any atom is -0.477 e. The van der Waals surface area contributed by atoms with Crippen LogP contribution in [0.15, 0.2) is 41.8 Å². The van der Waals surface area contributed by atoms with Crippen LogP contribution in [0.3, 0.4) is 0 Å². The van der Waals surface area contributed by atoms with Gasteiger partial charge in [0.1, 0.15) is 17.3 Å². The lowest BCUT2D eigenvalue weighted by molar-refractivity contribution is 0.0685. The van der Waals surface area contributed by atoms with Crippen molar-refractivity contribution in [2.75, 3.05) is 0 Å². The van der Waals surface area contributed by atoms with E-state index in [2.05, 4.69) is 0 Å². The molecule has 0 unspecified atom stereocenters. The summed E-state index contributed by atoms with van der Waals surface area (Å²) < 4.78 is 29.8. The maximum absolute atomic E-state index is 13.7. The van der Waals surface area contributed by atoms with Crippen molar-refractivity contribution in [1.82, 2.24) is 4.57 Å². The Balaban J connectivity index is 1.96. The molecule has 2 aromatic carbocycles. The topological polar surface area (TPSA) is 68.2 Å².